The normalized spacial score (nSPS) is 28.1. The van der Waals surface area contributed by atoms with E-state index in [0.29, 0.717) is 19.1 Å². The summed E-state index contributed by atoms with van der Waals surface area (Å²) in [4.78, 5) is 0. The van der Waals surface area contributed by atoms with Crippen LogP contribution < -0.4 is 5.32 Å². The van der Waals surface area contributed by atoms with Gasteiger partial charge in [-0.3, -0.25) is 5.32 Å². The number of hydrogen-bond acceptors (Lipinski definition) is 4. The van der Waals surface area contributed by atoms with E-state index < -0.39 is 6.23 Å². The van der Waals surface area contributed by atoms with Crippen LogP contribution in [0.1, 0.15) is 20.8 Å². The Morgan fingerprint density at radius 1 is 1.50 bits per heavy atom. The summed E-state index contributed by atoms with van der Waals surface area (Å²) >= 11 is 0. The second-order valence-electron chi connectivity index (χ2n) is 3.20. The molecule has 0 amide bonds. The third kappa shape index (κ3) is 4.91. The van der Waals surface area contributed by atoms with Crippen LogP contribution in [0.4, 0.5) is 0 Å². The summed E-state index contributed by atoms with van der Waals surface area (Å²) in [5, 5.41) is 12.1. The average molecular weight is 205 g/mol. The zero-order chi connectivity index (χ0) is 11.0. The lowest BCUT2D eigenvalue weighted by atomic mass is 10.1. The summed E-state index contributed by atoms with van der Waals surface area (Å²) in [5.41, 5.74) is 0. The highest BCUT2D eigenvalue weighted by molar-refractivity contribution is 4.81. The predicted octanol–water partition coefficient (Wildman–Crippen LogP) is 0.602. The number of methoxy groups -OCH3 is 1. The molecular formula is C10H23NO3. The molecule has 2 N–H and O–H groups in total. The molecule has 3 unspecified atom stereocenters. The van der Waals surface area contributed by atoms with Gasteiger partial charge in [0, 0.05) is 19.1 Å². The van der Waals surface area contributed by atoms with Gasteiger partial charge < -0.3 is 14.6 Å². The molecule has 3 atom stereocenters. The number of ether oxygens (including phenoxy) is 2. The van der Waals surface area contributed by atoms with E-state index in [1.807, 2.05) is 13.8 Å². The average Bonchev–Trinajstić information content (AvgIpc) is 2.56. The third-order valence-corrected chi connectivity index (χ3v) is 2.03. The van der Waals surface area contributed by atoms with Crippen LogP contribution in [0.15, 0.2) is 0 Å². The van der Waals surface area contributed by atoms with Crippen molar-refractivity contribution in [2.45, 2.75) is 33.0 Å². The highest BCUT2D eigenvalue weighted by atomic mass is 16.5. The minimum atomic E-state index is -0.476. The quantitative estimate of drug-likeness (QED) is 0.660. The molecule has 0 bridgehead atoms. The van der Waals surface area contributed by atoms with Gasteiger partial charge in [0.15, 0.2) is 0 Å². The molecule has 0 aromatic heterocycles. The van der Waals surface area contributed by atoms with Crippen LogP contribution >= 0.6 is 0 Å². The molecule has 1 heterocycles. The molecule has 0 aliphatic carbocycles. The Hall–Kier alpha value is -0.160. The van der Waals surface area contributed by atoms with Crippen LogP contribution in [0, 0.1) is 5.92 Å². The zero-order valence-corrected chi connectivity index (χ0v) is 9.62. The minimum absolute atomic E-state index is 0.227. The summed E-state index contributed by atoms with van der Waals surface area (Å²) in [6.45, 7) is 7.78. The van der Waals surface area contributed by atoms with Gasteiger partial charge in [-0.1, -0.05) is 13.8 Å². The van der Waals surface area contributed by atoms with Gasteiger partial charge in [0.2, 0.25) is 0 Å². The van der Waals surface area contributed by atoms with Crippen LogP contribution in [0.3, 0.4) is 0 Å². The maximum Gasteiger partial charge on any atom is 0.102 e. The molecule has 0 aromatic carbocycles. The van der Waals surface area contributed by atoms with Crippen molar-refractivity contribution < 1.29 is 14.6 Å². The lowest BCUT2D eigenvalue weighted by Crippen LogP contribution is -2.42. The van der Waals surface area contributed by atoms with Crippen molar-refractivity contribution in [3.8, 4) is 0 Å². The standard InChI is InChI=1S/C8H17NO3.C2H6/c1-6(10)9-8-5-12-4-7(8)3-11-2;1-2/h6-10H,3-5H2,1-2H3;1-2H3. The lowest BCUT2D eigenvalue weighted by molar-refractivity contribution is 0.106. The first-order valence-electron chi connectivity index (χ1n) is 5.25. The van der Waals surface area contributed by atoms with E-state index >= 15 is 0 Å². The van der Waals surface area contributed by atoms with Crippen molar-refractivity contribution >= 4 is 0 Å². The first kappa shape index (κ1) is 13.8. The Morgan fingerprint density at radius 2 is 2.14 bits per heavy atom. The predicted molar refractivity (Wildman–Crippen MR) is 56.1 cm³/mol. The minimum Gasteiger partial charge on any atom is -0.384 e. The Kier molecular flexibility index (Phi) is 8.08. The SMILES string of the molecule is CC.COCC1COCC1NC(C)O. The molecule has 1 rings (SSSR count). The Labute approximate surface area is 86.6 Å². The number of aliphatic hydroxyl groups is 1. The van der Waals surface area contributed by atoms with Crippen LogP contribution in [0.25, 0.3) is 0 Å². The highest BCUT2D eigenvalue weighted by Gasteiger charge is 2.28. The Bertz CT molecular complexity index is 131. The first-order chi connectivity index (χ1) is 6.74. The molecule has 4 nitrogen and oxygen atoms in total. The number of hydrogen-bond donors (Lipinski definition) is 2. The molecule has 1 aliphatic heterocycles. The summed E-state index contributed by atoms with van der Waals surface area (Å²) in [6, 6.07) is 0.227. The number of aliphatic hydroxyl groups excluding tert-OH is 1. The van der Waals surface area contributed by atoms with Gasteiger partial charge in [-0.2, -0.15) is 0 Å². The van der Waals surface area contributed by atoms with Gasteiger partial charge in [0.25, 0.3) is 0 Å². The van der Waals surface area contributed by atoms with E-state index in [2.05, 4.69) is 5.32 Å². The molecule has 1 saturated heterocycles. The summed E-state index contributed by atoms with van der Waals surface area (Å²) < 4.78 is 10.3. The Morgan fingerprint density at radius 3 is 2.64 bits per heavy atom. The smallest absolute Gasteiger partial charge is 0.102 e. The first-order valence-corrected chi connectivity index (χ1v) is 5.25. The molecule has 0 saturated carbocycles. The molecule has 4 heteroatoms. The second-order valence-corrected chi connectivity index (χ2v) is 3.20. The van der Waals surface area contributed by atoms with Crippen molar-refractivity contribution in [3.05, 3.63) is 0 Å². The maximum absolute atomic E-state index is 9.09. The van der Waals surface area contributed by atoms with Crippen LogP contribution in [-0.2, 0) is 9.47 Å². The van der Waals surface area contributed by atoms with Crippen molar-refractivity contribution in [2.75, 3.05) is 26.9 Å². The van der Waals surface area contributed by atoms with E-state index in [-0.39, 0.29) is 6.04 Å². The topological polar surface area (TPSA) is 50.7 Å². The van der Waals surface area contributed by atoms with Crippen LogP contribution in [-0.4, -0.2) is 44.3 Å². The van der Waals surface area contributed by atoms with E-state index in [9.17, 15) is 0 Å². The van der Waals surface area contributed by atoms with Crippen molar-refractivity contribution in [1.82, 2.24) is 5.32 Å². The fourth-order valence-electron chi connectivity index (χ4n) is 1.47. The fraction of sp³-hybridized carbons (Fsp3) is 1.00. The van der Waals surface area contributed by atoms with Crippen molar-refractivity contribution in [3.63, 3.8) is 0 Å². The Balaban J connectivity index is 0.000000791. The summed E-state index contributed by atoms with van der Waals surface area (Å²) in [6.07, 6.45) is -0.476. The molecular weight excluding hydrogens is 182 g/mol. The number of rotatable bonds is 4. The van der Waals surface area contributed by atoms with Crippen molar-refractivity contribution in [1.29, 1.82) is 0 Å². The van der Waals surface area contributed by atoms with Crippen molar-refractivity contribution in [2.24, 2.45) is 5.92 Å². The second kappa shape index (κ2) is 8.17. The van der Waals surface area contributed by atoms with Gasteiger partial charge >= 0.3 is 0 Å². The van der Waals surface area contributed by atoms with E-state index in [1.165, 1.54) is 0 Å². The summed E-state index contributed by atoms with van der Waals surface area (Å²) in [5.74, 6) is 0.365. The lowest BCUT2D eigenvalue weighted by Gasteiger charge is -2.19. The largest absolute Gasteiger partial charge is 0.384 e. The maximum atomic E-state index is 9.09. The van der Waals surface area contributed by atoms with Gasteiger partial charge in [-0.25, -0.2) is 0 Å². The molecule has 14 heavy (non-hydrogen) atoms. The molecule has 1 fully saturated rings. The van der Waals surface area contributed by atoms with Crippen LogP contribution in [0.2, 0.25) is 0 Å². The molecule has 0 radical (unpaired) electrons. The molecule has 0 spiro atoms. The summed E-state index contributed by atoms with van der Waals surface area (Å²) in [7, 11) is 1.68. The van der Waals surface area contributed by atoms with Gasteiger partial charge in [0.1, 0.15) is 6.23 Å². The highest BCUT2D eigenvalue weighted by Crippen LogP contribution is 2.13. The van der Waals surface area contributed by atoms with Gasteiger partial charge in [-0.15, -0.1) is 0 Å². The fourth-order valence-corrected chi connectivity index (χ4v) is 1.47. The third-order valence-electron chi connectivity index (χ3n) is 2.03. The monoisotopic (exact) mass is 205 g/mol. The molecule has 1 aliphatic rings. The van der Waals surface area contributed by atoms with E-state index in [0.717, 1.165) is 6.61 Å². The number of nitrogens with one attached hydrogen (secondary N) is 1. The van der Waals surface area contributed by atoms with E-state index in [1.54, 1.807) is 14.0 Å². The van der Waals surface area contributed by atoms with Gasteiger partial charge in [0.05, 0.1) is 19.8 Å². The van der Waals surface area contributed by atoms with Gasteiger partial charge in [-0.05, 0) is 6.92 Å². The zero-order valence-electron chi connectivity index (χ0n) is 9.62. The molecule has 0 aromatic rings. The molecule has 86 valence electrons. The van der Waals surface area contributed by atoms with E-state index in [4.69, 9.17) is 14.6 Å². The van der Waals surface area contributed by atoms with Crippen LogP contribution in [0.5, 0.6) is 0 Å².